The molecule has 9 heteroatoms. The topological polar surface area (TPSA) is 104 Å². The summed E-state index contributed by atoms with van der Waals surface area (Å²) in [6.45, 7) is 0.135. The quantitative estimate of drug-likeness (QED) is 0.705. The maximum absolute atomic E-state index is 12.6. The van der Waals surface area contributed by atoms with Crippen LogP contribution in [0.3, 0.4) is 0 Å². The van der Waals surface area contributed by atoms with Gasteiger partial charge in [0.25, 0.3) is 11.5 Å². The van der Waals surface area contributed by atoms with Crippen LogP contribution < -0.4 is 20.3 Å². The Morgan fingerprint density at radius 3 is 2.45 bits per heavy atom. The molecular formula is C20H16N2O6S. The van der Waals surface area contributed by atoms with Gasteiger partial charge in [0, 0.05) is 36.0 Å². The van der Waals surface area contributed by atoms with Crippen LogP contribution in [0, 0.1) is 0 Å². The Morgan fingerprint density at radius 1 is 1.00 bits per heavy atom. The van der Waals surface area contributed by atoms with E-state index in [2.05, 4.69) is 5.32 Å². The van der Waals surface area contributed by atoms with Crippen LogP contribution in [-0.2, 0) is 9.84 Å². The minimum atomic E-state index is -3.34. The average molecular weight is 412 g/mol. The fourth-order valence-electron chi connectivity index (χ4n) is 2.85. The lowest BCUT2D eigenvalue weighted by atomic mass is 10.2. The van der Waals surface area contributed by atoms with Gasteiger partial charge in [-0.3, -0.25) is 14.2 Å². The van der Waals surface area contributed by atoms with E-state index in [1.54, 1.807) is 18.2 Å². The second-order valence-electron chi connectivity index (χ2n) is 6.41. The van der Waals surface area contributed by atoms with Gasteiger partial charge in [0.1, 0.15) is 0 Å². The standard InChI is InChI=1S/C20H16N2O6S/c1-29(25,26)16-6-4-15(5-7-16)22-11-13(2-9-19(22)23)20(24)21-14-3-8-17-18(10-14)28-12-27-17/h2-11H,12H2,1H3,(H,21,24). The van der Waals surface area contributed by atoms with Gasteiger partial charge in [-0.15, -0.1) is 0 Å². The van der Waals surface area contributed by atoms with Gasteiger partial charge >= 0.3 is 0 Å². The number of rotatable bonds is 4. The number of nitrogens with one attached hydrogen (secondary N) is 1. The molecule has 1 aliphatic rings. The van der Waals surface area contributed by atoms with Crippen molar-refractivity contribution in [1.82, 2.24) is 4.57 Å². The number of nitrogens with zero attached hydrogens (tertiary/aromatic N) is 1. The Hall–Kier alpha value is -3.59. The molecule has 29 heavy (non-hydrogen) atoms. The van der Waals surface area contributed by atoms with Crippen molar-refractivity contribution in [3.05, 3.63) is 76.7 Å². The van der Waals surface area contributed by atoms with E-state index in [9.17, 15) is 18.0 Å². The summed E-state index contributed by atoms with van der Waals surface area (Å²) in [4.78, 5) is 25.0. The summed E-state index contributed by atoms with van der Waals surface area (Å²) in [5.41, 5.74) is 0.876. The highest BCUT2D eigenvalue weighted by Gasteiger charge is 2.15. The van der Waals surface area contributed by atoms with Crippen molar-refractivity contribution >= 4 is 21.4 Å². The van der Waals surface area contributed by atoms with Crippen molar-refractivity contribution in [3.63, 3.8) is 0 Å². The van der Waals surface area contributed by atoms with Crippen LogP contribution in [0.1, 0.15) is 10.4 Å². The highest BCUT2D eigenvalue weighted by Crippen LogP contribution is 2.34. The Bertz CT molecular complexity index is 1260. The molecule has 1 aromatic heterocycles. The summed E-state index contributed by atoms with van der Waals surface area (Å²) in [6.07, 6.45) is 2.51. The largest absolute Gasteiger partial charge is 0.454 e. The number of benzene rings is 2. The molecule has 0 unspecified atom stereocenters. The molecule has 0 aliphatic carbocycles. The van der Waals surface area contributed by atoms with Crippen molar-refractivity contribution in [2.45, 2.75) is 4.90 Å². The van der Waals surface area contributed by atoms with Crippen molar-refractivity contribution in [1.29, 1.82) is 0 Å². The monoisotopic (exact) mass is 412 g/mol. The minimum Gasteiger partial charge on any atom is -0.454 e. The summed E-state index contributed by atoms with van der Waals surface area (Å²) < 4.78 is 35.0. The Labute approximate surface area is 166 Å². The molecule has 0 spiro atoms. The van der Waals surface area contributed by atoms with E-state index in [4.69, 9.17) is 9.47 Å². The minimum absolute atomic E-state index is 0.135. The van der Waals surface area contributed by atoms with Gasteiger partial charge in [0.15, 0.2) is 21.3 Å². The van der Waals surface area contributed by atoms with E-state index in [1.807, 2.05) is 0 Å². The number of hydrogen-bond donors (Lipinski definition) is 1. The number of pyridine rings is 1. The fraction of sp³-hybridized carbons (Fsp3) is 0.100. The number of anilines is 1. The third kappa shape index (κ3) is 3.85. The fourth-order valence-corrected chi connectivity index (χ4v) is 3.49. The molecule has 0 fully saturated rings. The highest BCUT2D eigenvalue weighted by atomic mass is 32.2. The molecule has 1 amide bonds. The predicted molar refractivity (Wildman–Crippen MR) is 106 cm³/mol. The highest BCUT2D eigenvalue weighted by molar-refractivity contribution is 7.90. The molecule has 1 N–H and O–H groups in total. The molecule has 0 bridgehead atoms. The van der Waals surface area contributed by atoms with Crippen LogP contribution in [0.25, 0.3) is 5.69 Å². The number of carbonyl (C=O) groups excluding carboxylic acids is 1. The molecule has 0 atom stereocenters. The van der Waals surface area contributed by atoms with Crippen LogP contribution in [0.5, 0.6) is 11.5 Å². The van der Waals surface area contributed by atoms with Crippen LogP contribution in [0.15, 0.2) is 70.5 Å². The maximum Gasteiger partial charge on any atom is 0.257 e. The summed E-state index contributed by atoms with van der Waals surface area (Å²) in [7, 11) is -3.34. The molecule has 4 rings (SSSR count). The molecule has 2 heterocycles. The van der Waals surface area contributed by atoms with Gasteiger partial charge in [0.2, 0.25) is 6.79 Å². The SMILES string of the molecule is CS(=O)(=O)c1ccc(-n2cc(C(=O)Nc3ccc4c(c3)OCO4)ccc2=O)cc1. The van der Waals surface area contributed by atoms with Crippen LogP contribution >= 0.6 is 0 Å². The van der Waals surface area contributed by atoms with Crippen molar-refractivity contribution in [2.75, 3.05) is 18.4 Å². The molecular weight excluding hydrogens is 396 g/mol. The van der Waals surface area contributed by atoms with Crippen molar-refractivity contribution in [2.24, 2.45) is 0 Å². The molecule has 1 aliphatic heterocycles. The lowest BCUT2D eigenvalue weighted by molar-refractivity contribution is 0.102. The summed E-state index contributed by atoms with van der Waals surface area (Å²) >= 11 is 0. The van der Waals surface area contributed by atoms with E-state index >= 15 is 0 Å². The number of aromatic nitrogens is 1. The lowest BCUT2D eigenvalue weighted by Crippen LogP contribution is -2.20. The third-order valence-electron chi connectivity index (χ3n) is 4.35. The first-order chi connectivity index (χ1) is 13.8. The van der Waals surface area contributed by atoms with E-state index in [1.165, 1.54) is 47.2 Å². The third-order valence-corrected chi connectivity index (χ3v) is 5.48. The summed E-state index contributed by atoms with van der Waals surface area (Å²) in [5, 5.41) is 2.75. The van der Waals surface area contributed by atoms with Gasteiger partial charge < -0.3 is 14.8 Å². The van der Waals surface area contributed by atoms with E-state index in [-0.39, 0.29) is 22.8 Å². The molecule has 148 valence electrons. The van der Waals surface area contributed by atoms with Crippen molar-refractivity contribution < 1.29 is 22.7 Å². The molecule has 0 saturated heterocycles. The van der Waals surface area contributed by atoms with Crippen LogP contribution in [0.2, 0.25) is 0 Å². The maximum atomic E-state index is 12.6. The predicted octanol–water partition coefficient (Wildman–Crippen LogP) is 2.22. The molecule has 0 radical (unpaired) electrons. The zero-order valence-electron chi connectivity index (χ0n) is 15.3. The van der Waals surface area contributed by atoms with Gasteiger partial charge in [-0.1, -0.05) is 0 Å². The van der Waals surface area contributed by atoms with E-state index in [0.29, 0.717) is 22.9 Å². The molecule has 8 nitrogen and oxygen atoms in total. The Balaban J connectivity index is 1.61. The average Bonchev–Trinajstić information content (AvgIpc) is 3.15. The van der Waals surface area contributed by atoms with E-state index in [0.717, 1.165) is 6.26 Å². The summed E-state index contributed by atoms with van der Waals surface area (Å²) in [6, 6.07) is 13.6. The summed E-state index contributed by atoms with van der Waals surface area (Å²) in [5.74, 6) is 0.734. The Morgan fingerprint density at radius 2 is 1.72 bits per heavy atom. The van der Waals surface area contributed by atoms with Crippen molar-refractivity contribution in [3.8, 4) is 17.2 Å². The first-order valence-corrected chi connectivity index (χ1v) is 10.4. The van der Waals surface area contributed by atoms with Gasteiger partial charge in [-0.2, -0.15) is 0 Å². The number of carbonyl (C=O) groups is 1. The smallest absolute Gasteiger partial charge is 0.257 e. The zero-order valence-corrected chi connectivity index (χ0v) is 16.1. The van der Waals surface area contributed by atoms with Crippen LogP contribution in [-0.4, -0.2) is 31.9 Å². The molecule has 2 aromatic carbocycles. The van der Waals surface area contributed by atoms with Gasteiger partial charge in [-0.05, 0) is 42.5 Å². The normalized spacial score (nSPS) is 12.6. The molecule has 0 saturated carbocycles. The second kappa shape index (κ2) is 7.10. The number of amides is 1. The molecule has 3 aromatic rings. The zero-order chi connectivity index (χ0) is 20.6. The number of sulfone groups is 1. The first-order valence-electron chi connectivity index (χ1n) is 8.55. The first kappa shape index (κ1) is 18.8. The lowest BCUT2D eigenvalue weighted by Gasteiger charge is -2.10. The van der Waals surface area contributed by atoms with Gasteiger partial charge in [-0.25, -0.2) is 8.42 Å². The number of fused-ring (bicyclic) bond motifs is 1. The second-order valence-corrected chi connectivity index (χ2v) is 8.43. The van der Waals surface area contributed by atoms with Crippen LogP contribution in [0.4, 0.5) is 5.69 Å². The Kier molecular flexibility index (Phi) is 4.59. The number of ether oxygens (including phenoxy) is 2. The number of hydrogen-bond acceptors (Lipinski definition) is 6. The van der Waals surface area contributed by atoms with E-state index < -0.39 is 15.7 Å². The van der Waals surface area contributed by atoms with Gasteiger partial charge in [0.05, 0.1) is 10.5 Å².